The van der Waals surface area contributed by atoms with E-state index in [2.05, 4.69) is 20.3 Å². The highest BCUT2D eigenvalue weighted by atomic mass is 32.1. The number of thiophene rings is 1. The van der Waals surface area contributed by atoms with Crippen LogP contribution in [0.25, 0.3) is 21.6 Å². The van der Waals surface area contributed by atoms with Gasteiger partial charge in [-0.2, -0.15) is 24.5 Å². The smallest absolute Gasteiger partial charge is 0.433 e. The van der Waals surface area contributed by atoms with Gasteiger partial charge >= 0.3 is 12.1 Å². The van der Waals surface area contributed by atoms with Crippen molar-refractivity contribution in [2.24, 2.45) is 11.3 Å². The van der Waals surface area contributed by atoms with Crippen molar-refractivity contribution in [1.82, 2.24) is 15.0 Å². The third-order valence-corrected chi connectivity index (χ3v) is 8.94. The first kappa shape index (κ1) is 27.2. The normalized spacial score (nSPS) is 21.0. The van der Waals surface area contributed by atoms with Crippen molar-refractivity contribution >= 4 is 40.3 Å². The molecule has 1 aliphatic carbocycles. The number of alkyl halides is 3. The lowest BCUT2D eigenvalue weighted by atomic mass is 9.63. The highest BCUT2D eigenvalue weighted by Gasteiger charge is 2.49. The number of thiazole rings is 1. The highest BCUT2D eigenvalue weighted by Crippen LogP contribution is 2.51. The second-order valence-electron chi connectivity index (χ2n) is 10.4. The molecule has 39 heavy (non-hydrogen) atoms. The van der Waals surface area contributed by atoms with Crippen LogP contribution in [0, 0.1) is 11.3 Å². The van der Waals surface area contributed by atoms with Gasteiger partial charge in [0.05, 0.1) is 10.8 Å². The van der Waals surface area contributed by atoms with Crippen LogP contribution in [0.1, 0.15) is 43.8 Å². The van der Waals surface area contributed by atoms with Crippen LogP contribution in [0.3, 0.4) is 0 Å². The second kappa shape index (κ2) is 10.00. The zero-order valence-electron chi connectivity index (χ0n) is 21.0. The van der Waals surface area contributed by atoms with Crippen LogP contribution in [0.4, 0.5) is 24.8 Å². The number of benzene rings is 1. The number of hydrogen-bond acceptors (Lipinski definition) is 8. The molecule has 0 radical (unpaired) electrons. The molecule has 12 heteroatoms. The Bertz CT molecular complexity index is 1500. The molecule has 7 nitrogen and oxygen atoms in total. The summed E-state index contributed by atoms with van der Waals surface area (Å²) in [6, 6.07) is 8.28. The van der Waals surface area contributed by atoms with Gasteiger partial charge in [-0.3, -0.25) is 4.79 Å². The number of carbonyl (C=O) groups is 1. The first-order valence-corrected chi connectivity index (χ1v) is 13.9. The molecule has 3 N–H and O–H groups in total. The summed E-state index contributed by atoms with van der Waals surface area (Å²) < 4.78 is 39.5. The SMILES string of the molecule is CC1(C)C[C@@](O)(c2ncc(-c3cc(Nc4nccc(C(F)(F)F)n4)cc(-c4ccsc4)c3)s2)CC[C@H]1C(=O)O. The Morgan fingerprint density at radius 3 is 2.56 bits per heavy atom. The summed E-state index contributed by atoms with van der Waals surface area (Å²) in [4.78, 5) is 24.5. The number of carboxylic acid groups (broad SMARTS) is 1. The van der Waals surface area contributed by atoms with Crippen molar-refractivity contribution in [2.75, 3.05) is 5.32 Å². The lowest BCUT2D eigenvalue weighted by molar-refractivity contribution is -0.154. The molecule has 1 aromatic carbocycles. The van der Waals surface area contributed by atoms with Crippen LogP contribution in [0.15, 0.2) is 53.5 Å². The molecule has 2 atom stereocenters. The summed E-state index contributed by atoms with van der Waals surface area (Å²) in [6.07, 6.45) is -0.995. The van der Waals surface area contributed by atoms with Gasteiger partial charge in [0.1, 0.15) is 16.3 Å². The summed E-state index contributed by atoms with van der Waals surface area (Å²) in [5.41, 5.74) is 0.0906. The first-order chi connectivity index (χ1) is 18.3. The van der Waals surface area contributed by atoms with Gasteiger partial charge in [0, 0.05) is 18.1 Å². The summed E-state index contributed by atoms with van der Waals surface area (Å²) >= 11 is 2.83. The maximum absolute atomic E-state index is 13.2. The Morgan fingerprint density at radius 1 is 1.13 bits per heavy atom. The first-order valence-electron chi connectivity index (χ1n) is 12.1. The van der Waals surface area contributed by atoms with Gasteiger partial charge in [0.15, 0.2) is 0 Å². The summed E-state index contributed by atoms with van der Waals surface area (Å²) in [7, 11) is 0. The van der Waals surface area contributed by atoms with Crippen molar-refractivity contribution in [2.45, 2.75) is 44.9 Å². The van der Waals surface area contributed by atoms with E-state index in [9.17, 15) is 28.2 Å². The van der Waals surface area contributed by atoms with E-state index in [1.54, 1.807) is 18.3 Å². The highest BCUT2D eigenvalue weighted by molar-refractivity contribution is 7.15. The molecule has 3 aromatic heterocycles. The average Bonchev–Trinajstić information content (AvgIpc) is 3.56. The van der Waals surface area contributed by atoms with Gasteiger partial charge in [-0.1, -0.05) is 13.8 Å². The van der Waals surface area contributed by atoms with Crippen LogP contribution < -0.4 is 5.32 Å². The van der Waals surface area contributed by atoms with Crippen molar-refractivity contribution in [3.8, 4) is 21.6 Å². The zero-order chi connectivity index (χ0) is 28.0. The number of halogens is 3. The fraction of sp³-hybridized carbons (Fsp3) is 0.333. The zero-order valence-corrected chi connectivity index (χ0v) is 22.6. The van der Waals surface area contributed by atoms with E-state index >= 15 is 0 Å². The molecule has 0 bridgehead atoms. The number of aliphatic hydroxyl groups is 1. The van der Waals surface area contributed by atoms with E-state index in [1.165, 1.54) is 22.7 Å². The molecule has 204 valence electrons. The quantitative estimate of drug-likeness (QED) is 0.224. The van der Waals surface area contributed by atoms with Crippen LogP contribution in [-0.4, -0.2) is 31.1 Å². The molecular weight excluding hydrogens is 549 g/mol. The molecule has 5 rings (SSSR count). The van der Waals surface area contributed by atoms with Crippen LogP contribution in [0.2, 0.25) is 0 Å². The minimum Gasteiger partial charge on any atom is -0.481 e. The number of aliphatic carboxylic acids is 1. The summed E-state index contributed by atoms with van der Waals surface area (Å²) in [5, 5.41) is 28.4. The molecule has 1 aliphatic rings. The van der Waals surface area contributed by atoms with Gasteiger partial charge in [-0.25, -0.2) is 15.0 Å². The van der Waals surface area contributed by atoms with Gasteiger partial charge in [0.25, 0.3) is 0 Å². The van der Waals surface area contributed by atoms with E-state index in [4.69, 9.17) is 0 Å². The second-order valence-corrected chi connectivity index (χ2v) is 12.2. The van der Waals surface area contributed by atoms with Crippen LogP contribution in [0.5, 0.6) is 0 Å². The van der Waals surface area contributed by atoms with E-state index in [1.807, 2.05) is 36.7 Å². The number of nitrogens with one attached hydrogen (secondary N) is 1. The average molecular weight is 575 g/mol. The summed E-state index contributed by atoms with van der Waals surface area (Å²) in [6.45, 7) is 3.70. The Hall–Kier alpha value is -3.35. The summed E-state index contributed by atoms with van der Waals surface area (Å²) in [5.74, 6) is -1.60. The maximum Gasteiger partial charge on any atom is 0.433 e. The van der Waals surface area contributed by atoms with Gasteiger partial charge in [0.2, 0.25) is 5.95 Å². The molecule has 0 amide bonds. The minimum absolute atomic E-state index is 0.185. The molecule has 0 spiro atoms. The lowest BCUT2D eigenvalue weighted by Gasteiger charge is -2.44. The maximum atomic E-state index is 13.2. The van der Waals surface area contributed by atoms with Gasteiger partial charge < -0.3 is 15.5 Å². The van der Waals surface area contributed by atoms with E-state index < -0.39 is 34.8 Å². The number of nitrogens with zero attached hydrogens (tertiary/aromatic N) is 3. The largest absolute Gasteiger partial charge is 0.481 e. The standard InChI is InChI=1S/C27H25F3N4O3S2/c1-25(2)14-26(37,6-3-19(25)22(35)36)23-32-12-20(39-23)17-9-16(15-5-8-38-13-15)10-18(11-17)33-24-31-7-4-21(34-24)27(28,29)30/h4-5,7-13,19,37H,3,6,14H2,1-2H3,(H,35,36)(H,31,33,34)/t19-,26+/m0/s1. The number of aromatic nitrogens is 3. The Labute approximate surface area is 230 Å². The van der Waals surface area contributed by atoms with E-state index in [0.29, 0.717) is 17.1 Å². The molecule has 0 aliphatic heterocycles. The Morgan fingerprint density at radius 2 is 1.90 bits per heavy atom. The molecule has 0 unspecified atom stereocenters. The van der Waals surface area contributed by atoms with Crippen molar-refractivity contribution in [1.29, 1.82) is 0 Å². The molecule has 4 aromatic rings. The molecule has 0 saturated heterocycles. The lowest BCUT2D eigenvalue weighted by Crippen LogP contribution is -2.44. The molecule has 1 fully saturated rings. The minimum atomic E-state index is -4.60. The van der Waals surface area contributed by atoms with E-state index in [-0.39, 0.29) is 18.8 Å². The van der Waals surface area contributed by atoms with Crippen LogP contribution >= 0.6 is 22.7 Å². The number of rotatable bonds is 6. The number of carboxylic acids is 1. The molecule has 1 saturated carbocycles. The Kier molecular flexibility index (Phi) is 6.98. The topological polar surface area (TPSA) is 108 Å². The van der Waals surface area contributed by atoms with Crippen molar-refractivity contribution < 1.29 is 28.2 Å². The van der Waals surface area contributed by atoms with E-state index in [0.717, 1.165) is 33.8 Å². The number of hydrogen-bond donors (Lipinski definition) is 3. The van der Waals surface area contributed by atoms with Gasteiger partial charge in [-0.05, 0) is 82.5 Å². The van der Waals surface area contributed by atoms with Gasteiger partial charge in [-0.15, -0.1) is 11.3 Å². The predicted octanol–water partition coefficient (Wildman–Crippen LogP) is 7.19. The fourth-order valence-electron chi connectivity index (χ4n) is 5.15. The third-order valence-electron chi connectivity index (χ3n) is 7.01. The molecular formula is C27H25F3N4O3S2. The Balaban J connectivity index is 1.49. The van der Waals surface area contributed by atoms with Crippen molar-refractivity contribution in [3.05, 3.63) is 64.2 Å². The third kappa shape index (κ3) is 5.68. The molecule has 3 heterocycles. The van der Waals surface area contributed by atoms with Crippen molar-refractivity contribution in [3.63, 3.8) is 0 Å². The number of anilines is 2. The van der Waals surface area contributed by atoms with Crippen LogP contribution in [-0.2, 0) is 16.6 Å². The predicted molar refractivity (Wildman–Crippen MR) is 144 cm³/mol. The fourth-order valence-corrected chi connectivity index (χ4v) is 6.83. The monoisotopic (exact) mass is 574 g/mol.